The van der Waals surface area contributed by atoms with Crippen molar-refractivity contribution in [2.45, 2.75) is 31.3 Å². The van der Waals surface area contributed by atoms with Crippen LogP contribution in [0.5, 0.6) is 0 Å². The maximum atomic E-state index is 12.5. The largest absolute Gasteiger partial charge is 0.409 e. The summed E-state index contributed by atoms with van der Waals surface area (Å²) >= 11 is 0. The monoisotopic (exact) mass is 305 g/mol. The lowest BCUT2D eigenvalue weighted by atomic mass is 10.00. The predicted octanol–water partition coefficient (Wildman–Crippen LogP) is 1.96. The maximum absolute atomic E-state index is 12.5. The van der Waals surface area contributed by atoms with Gasteiger partial charge in [0.05, 0.1) is 6.10 Å². The van der Waals surface area contributed by atoms with Crippen LogP contribution in [0, 0.1) is 17.8 Å². The Bertz CT molecular complexity index is 379. The van der Waals surface area contributed by atoms with Gasteiger partial charge < -0.3 is 10.0 Å². The van der Waals surface area contributed by atoms with Crippen LogP contribution in [0.3, 0.4) is 0 Å². The Kier molecular flexibility index (Phi) is 3.68. The van der Waals surface area contributed by atoms with E-state index in [4.69, 9.17) is 0 Å². The van der Waals surface area contributed by atoms with Gasteiger partial charge in [0.2, 0.25) is 11.8 Å². The Hall–Kier alpha value is -0.990. The van der Waals surface area contributed by atoms with Gasteiger partial charge in [-0.3, -0.25) is 4.79 Å². The van der Waals surface area contributed by atoms with E-state index in [-0.39, 0.29) is 19.0 Å². The highest BCUT2D eigenvalue weighted by Crippen LogP contribution is 2.43. The number of carbonyl (C=O) groups excluding carboxylic acids is 1. The van der Waals surface area contributed by atoms with Crippen LogP contribution >= 0.6 is 0 Å². The molecule has 116 valence electrons. The third-order valence-electron chi connectivity index (χ3n) is 4.03. The van der Waals surface area contributed by atoms with Crippen molar-refractivity contribution in [3.8, 4) is 0 Å². The molecule has 1 aliphatic carbocycles. The molecule has 2 aliphatic rings. The molecule has 0 radical (unpaired) electrons. The number of hydrogen-bond donors (Lipinski definition) is 1. The summed E-state index contributed by atoms with van der Waals surface area (Å²) in [7, 11) is 0. The zero-order chi connectivity index (χ0) is 15.3. The molecule has 1 N–H and O–H groups in total. The molecule has 3 atom stereocenters. The number of likely N-dealkylation sites (tertiary alicyclic amines) is 1. The van der Waals surface area contributed by atoms with Gasteiger partial charge in [-0.2, -0.15) is 26.3 Å². The Balaban J connectivity index is 2.14. The van der Waals surface area contributed by atoms with E-state index in [2.05, 4.69) is 0 Å². The van der Waals surface area contributed by atoms with E-state index < -0.39 is 36.2 Å². The summed E-state index contributed by atoms with van der Waals surface area (Å²) < 4.78 is 74.8. The fourth-order valence-electron chi connectivity index (χ4n) is 3.06. The highest BCUT2D eigenvalue weighted by Gasteiger charge is 2.63. The van der Waals surface area contributed by atoms with E-state index in [1.54, 1.807) is 0 Å². The van der Waals surface area contributed by atoms with Crippen LogP contribution in [0.2, 0.25) is 0 Å². The van der Waals surface area contributed by atoms with Crippen LogP contribution in [0.25, 0.3) is 0 Å². The minimum atomic E-state index is -5.66. The maximum Gasteiger partial charge on any atom is 0.409 e. The summed E-state index contributed by atoms with van der Waals surface area (Å²) in [6.45, 7) is -0.392. The van der Waals surface area contributed by atoms with E-state index in [0.717, 1.165) is 0 Å². The molecule has 2 fully saturated rings. The molecule has 9 heteroatoms. The first-order chi connectivity index (χ1) is 9.01. The first-order valence-electron chi connectivity index (χ1n) is 6.12. The van der Waals surface area contributed by atoms with Crippen molar-refractivity contribution in [2.75, 3.05) is 13.1 Å². The first kappa shape index (κ1) is 15.4. The molecular weight excluding hydrogens is 292 g/mol. The standard InChI is InChI=1S/C11H13F6NO2/c12-10(13,14)8(11(15,16)17)9(20)18-3-5-1-2-7(19)6(5)4-18/h5-8,19H,1-4H2. The minimum Gasteiger partial charge on any atom is -0.393 e. The van der Waals surface area contributed by atoms with Gasteiger partial charge in [0.25, 0.3) is 0 Å². The van der Waals surface area contributed by atoms with Gasteiger partial charge in [0, 0.05) is 19.0 Å². The molecule has 20 heavy (non-hydrogen) atoms. The van der Waals surface area contributed by atoms with Gasteiger partial charge in [-0.1, -0.05) is 0 Å². The second-order valence-electron chi connectivity index (χ2n) is 5.33. The molecule has 3 unspecified atom stereocenters. The van der Waals surface area contributed by atoms with Gasteiger partial charge in [0.1, 0.15) is 0 Å². The highest BCUT2D eigenvalue weighted by molar-refractivity contribution is 5.80. The van der Waals surface area contributed by atoms with Crippen LogP contribution in [0.1, 0.15) is 12.8 Å². The number of rotatable bonds is 1. The third kappa shape index (κ3) is 2.72. The molecule has 3 nitrogen and oxygen atoms in total. The molecule has 0 aromatic heterocycles. The first-order valence-corrected chi connectivity index (χ1v) is 6.12. The lowest BCUT2D eigenvalue weighted by molar-refractivity contribution is -0.277. The number of aliphatic hydroxyl groups is 1. The van der Waals surface area contributed by atoms with Gasteiger partial charge in [-0.15, -0.1) is 0 Å². The second-order valence-corrected chi connectivity index (χ2v) is 5.33. The van der Waals surface area contributed by atoms with Crippen molar-refractivity contribution < 1.29 is 36.2 Å². The van der Waals surface area contributed by atoms with E-state index in [9.17, 15) is 36.2 Å². The van der Waals surface area contributed by atoms with Crippen LogP contribution in [-0.2, 0) is 4.79 Å². The molecular formula is C11H13F6NO2. The molecule has 1 aliphatic heterocycles. The number of amides is 1. The quantitative estimate of drug-likeness (QED) is 0.752. The van der Waals surface area contributed by atoms with Crippen molar-refractivity contribution in [1.82, 2.24) is 4.90 Å². The Morgan fingerprint density at radius 1 is 1.05 bits per heavy atom. The topological polar surface area (TPSA) is 40.5 Å². The number of hydrogen-bond acceptors (Lipinski definition) is 2. The Labute approximate surface area is 110 Å². The zero-order valence-electron chi connectivity index (χ0n) is 10.2. The van der Waals surface area contributed by atoms with Crippen molar-refractivity contribution in [1.29, 1.82) is 0 Å². The summed E-state index contributed by atoms with van der Waals surface area (Å²) in [5, 5.41) is 9.57. The van der Waals surface area contributed by atoms with E-state index in [0.29, 0.717) is 17.7 Å². The number of halogens is 6. The minimum absolute atomic E-state index is 0.150. The summed E-state index contributed by atoms with van der Waals surface area (Å²) in [5.41, 5.74) is 0. The molecule has 1 saturated carbocycles. The molecule has 0 spiro atoms. The van der Waals surface area contributed by atoms with E-state index >= 15 is 0 Å². The summed E-state index contributed by atoms with van der Waals surface area (Å²) in [4.78, 5) is 12.2. The third-order valence-corrected chi connectivity index (χ3v) is 4.03. The molecule has 0 aromatic rings. The van der Waals surface area contributed by atoms with E-state index in [1.807, 2.05) is 0 Å². The summed E-state index contributed by atoms with van der Waals surface area (Å²) in [5.74, 6) is -6.57. The smallest absolute Gasteiger partial charge is 0.393 e. The summed E-state index contributed by atoms with van der Waals surface area (Å²) in [6.07, 6.45) is -11.1. The van der Waals surface area contributed by atoms with Crippen LogP contribution in [-0.4, -0.2) is 47.5 Å². The highest BCUT2D eigenvalue weighted by atomic mass is 19.4. The van der Waals surface area contributed by atoms with Gasteiger partial charge in [0.15, 0.2) is 0 Å². The normalized spacial score (nSPS) is 31.0. The molecule has 1 heterocycles. The Morgan fingerprint density at radius 2 is 1.60 bits per heavy atom. The molecule has 0 aromatic carbocycles. The predicted molar refractivity (Wildman–Crippen MR) is 54.4 cm³/mol. The number of alkyl halides is 6. The average Bonchev–Trinajstić information content (AvgIpc) is 2.76. The van der Waals surface area contributed by atoms with Gasteiger partial charge in [-0.25, -0.2) is 0 Å². The lowest BCUT2D eigenvalue weighted by Crippen LogP contribution is -2.49. The number of nitrogens with zero attached hydrogens (tertiary/aromatic N) is 1. The lowest BCUT2D eigenvalue weighted by Gasteiger charge is -2.27. The fourth-order valence-corrected chi connectivity index (χ4v) is 3.06. The molecule has 1 amide bonds. The number of carbonyl (C=O) groups is 1. The van der Waals surface area contributed by atoms with Gasteiger partial charge in [-0.05, 0) is 18.8 Å². The van der Waals surface area contributed by atoms with Crippen LogP contribution in [0.4, 0.5) is 26.3 Å². The molecule has 1 saturated heterocycles. The Morgan fingerprint density at radius 3 is 2.05 bits per heavy atom. The van der Waals surface area contributed by atoms with Crippen molar-refractivity contribution in [3.63, 3.8) is 0 Å². The van der Waals surface area contributed by atoms with Crippen LogP contribution < -0.4 is 0 Å². The fraction of sp³-hybridized carbons (Fsp3) is 0.909. The summed E-state index contributed by atoms with van der Waals surface area (Å²) in [6, 6.07) is 0. The average molecular weight is 305 g/mol. The van der Waals surface area contributed by atoms with Crippen LogP contribution in [0.15, 0.2) is 0 Å². The van der Waals surface area contributed by atoms with Crippen molar-refractivity contribution in [2.24, 2.45) is 17.8 Å². The van der Waals surface area contributed by atoms with E-state index in [1.165, 1.54) is 0 Å². The van der Waals surface area contributed by atoms with Crippen molar-refractivity contribution in [3.05, 3.63) is 0 Å². The molecule has 2 rings (SSSR count). The van der Waals surface area contributed by atoms with Crippen molar-refractivity contribution >= 4 is 5.91 Å². The zero-order valence-corrected chi connectivity index (χ0v) is 10.2. The molecule has 0 bridgehead atoms. The number of fused-ring (bicyclic) bond motifs is 1. The number of aliphatic hydroxyl groups excluding tert-OH is 1. The van der Waals surface area contributed by atoms with Gasteiger partial charge >= 0.3 is 12.4 Å². The SMILES string of the molecule is O=C(C(C(F)(F)F)C(F)(F)F)N1CC2CCC(O)C2C1. The second kappa shape index (κ2) is 4.78.